The molecule has 0 unspecified atom stereocenters. The SMILES string of the molecule is O=Cc1ccc(OCC(F)F)cc1C(F)(F)F. The molecule has 0 radical (unpaired) electrons. The lowest BCUT2D eigenvalue weighted by Gasteiger charge is -2.12. The van der Waals surface area contributed by atoms with Crippen LogP contribution < -0.4 is 4.74 Å². The minimum atomic E-state index is -4.74. The van der Waals surface area contributed by atoms with Crippen LogP contribution >= 0.6 is 0 Å². The Morgan fingerprint density at radius 1 is 1.29 bits per heavy atom. The quantitative estimate of drug-likeness (QED) is 0.609. The van der Waals surface area contributed by atoms with Crippen molar-refractivity contribution in [2.45, 2.75) is 12.6 Å². The molecule has 17 heavy (non-hydrogen) atoms. The number of carbonyl (C=O) groups is 1. The standard InChI is InChI=1S/C10H7F5O2/c11-9(12)5-17-7-2-1-6(4-16)8(3-7)10(13,14)15/h1-4,9H,5H2. The van der Waals surface area contributed by atoms with E-state index in [4.69, 9.17) is 0 Å². The molecular weight excluding hydrogens is 247 g/mol. The van der Waals surface area contributed by atoms with Crippen LogP contribution in [0.1, 0.15) is 15.9 Å². The molecule has 1 aromatic rings. The van der Waals surface area contributed by atoms with Gasteiger partial charge in [0.15, 0.2) is 6.29 Å². The Morgan fingerprint density at radius 2 is 1.94 bits per heavy atom. The molecule has 0 amide bonds. The maximum atomic E-state index is 12.5. The Hall–Kier alpha value is -1.66. The summed E-state index contributed by atoms with van der Waals surface area (Å²) >= 11 is 0. The summed E-state index contributed by atoms with van der Waals surface area (Å²) < 4.78 is 65.4. The number of rotatable bonds is 4. The third-order valence-corrected chi connectivity index (χ3v) is 1.83. The fourth-order valence-corrected chi connectivity index (χ4v) is 1.13. The van der Waals surface area contributed by atoms with Gasteiger partial charge in [-0.2, -0.15) is 13.2 Å². The molecule has 1 aromatic carbocycles. The monoisotopic (exact) mass is 254 g/mol. The van der Waals surface area contributed by atoms with Crippen LogP contribution in [-0.2, 0) is 6.18 Å². The van der Waals surface area contributed by atoms with Gasteiger partial charge in [0.1, 0.15) is 12.4 Å². The molecule has 0 saturated carbocycles. The molecule has 0 aliphatic heterocycles. The highest BCUT2D eigenvalue weighted by Crippen LogP contribution is 2.33. The zero-order chi connectivity index (χ0) is 13.1. The van der Waals surface area contributed by atoms with Crippen LogP contribution in [0.3, 0.4) is 0 Å². The Kier molecular flexibility index (Phi) is 4.03. The van der Waals surface area contributed by atoms with E-state index in [0.717, 1.165) is 12.1 Å². The zero-order valence-electron chi connectivity index (χ0n) is 8.30. The lowest BCUT2D eigenvalue weighted by atomic mass is 10.1. The van der Waals surface area contributed by atoms with E-state index in [2.05, 4.69) is 4.74 Å². The summed E-state index contributed by atoms with van der Waals surface area (Å²) in [6.45, 7) is -1.00. The van der Waals surface area contributed by atoms with Gasteiger partial charge in [0.05, 0.1) is 5.56 Å². The van der Waals surface area contributed by atoms with Crippen molar-refractivity contribution >= 4 is 6.29 Å². The summed E-state index contributed by atoms with van der Waals surface area (Å²) in [6, 6.07) is 2.42. The Morgan fingerprint density at radius 3 is 2.41 bits per heavy atom. The first-order valence-electron chi connectivity index (χ1n) is 4.42. The van der Waals surface area contributed by atoms with Crippen LogP contribution in [-0.4, -0.2) is 19.3 Å². The molecule has 0 saturated heterocycles. The van der Waals surface area contributed by atoms with Crippen LogP contribution in [0.5, 0.6) is 5.75 Å². The molecule has 0 heterocycles. The smallest absolute Gasteiger partial charge is 0.417 e. The van der Waals surface area contributed by atoms with Crippen molar-refractivity contribution in [3.8, 4) is 5.75 Å². The van der Waals surface area contributed by atoms with Crippen molar-refractivity contribution in [2.24, 2.45) is 0 Å². The van der Waals surface area contributed by atoms with E-state index in [1.54, 1.807) is 0 Å². The predicted octanol–water partition coefficient (Wildman–Crippen LogP) is 3.16. The molecule has 0 spiro atoms. The third-order valence-electron chi connectivity index (χ3n) is 1.83. The molecule has 0 aliphatic rings. The summed E-state index contributed by atoms with van der Waals surface area (Å²) in [5, 5.41) is 0. The van der Waals surface area contributed by atoms with E-state index < -0.39 is 30.3 Å². The summed E-state index contributed by atoms with van der Waals surface area (Å²) in [5.41, 5.74) is -1.78. The van der Waals surface area contributed by atoms with Gasteiger partial charge in [0.25, 0.3) is 6.43 Å². The van der Waals surface area contributed by atoms with Gasteiger partial charge in [0.2, 0.25) is 0 Å². The highest BCUT2D eigenvalue weighted by Gasteiger charge is 2.33. The molecule has 0 aromatic heterocycles. The molecule has 0 bridgehead atoms. The molecule has 0 fully saturated rings. The average molecular weight is 254 g/mol. The second-order valence-electron chi connectivity index (χ2n) is 3.07. The Labute approximate surface area is 93.0 Å². The minimum absolute atomic E-state index is 0.0414. The van der Waals surface area contributed by atoms with Crippen LogP contribution in [0.2, 0.25) is 0 Å². The topological polar surface area (TPSA) is 26.3 Å². The van der Waals surface area contributed by atoms with Crippen molar-refractivity contribution < 1.29 is 31.5 Å². The van der Waals surface area contributed by atoms with Crippen molar-refractivity contribution in [3.63, 3.8) is 0 Å². The van der Waals surface area contributed by atoms with Gasteiger partial charge in [-0.15, -0.1) is 0 Å². The maximum absolute atomic E-state index is 12.5. The molecular formula is C10H7F5O2. The van der Waals surface area contributed by atoms with Gasteiger partial charge in [-0.3, -0.25) is 4.79 Å². The van der Waals surface area contributed by atoms with E-state index in [1.807, 2.05) is 0 Å². The van der Waals surface area contributed by atoms with Gasteiger partial charge in [-0.05, 0) is 18.2 Å². The summed E-state index contributed by atoms with van der Waals surface area (Å²) in [7, 11) is 0. The van der Waals surface area contributed by atoms with Gasteiger partial charge < -0.3 is 4.74 Å². The normalized spacial score (nSPS) is 11.6. The Balaban J connectivity index is 3.01. The first-order valence-corrected chi connectivity index (χ1v) is 4.42. The highest BCUT2D eigenvalue weighted by molar-refractivity contribution is 5.78. The third kappa shape index (κ3) is 3.69. The minimum Gasteiger partial charge on any atom is -0.488 e. The number of ether oxygens (including phenoxy) is 1. The molecule has 94 valence electrons. The number of benzene rings is 1. The van der Waals surface area contributed by atoms with E-state index in [9.17, 15) is 26.7 Å². The fourth-order valence-electron chi connectivity index (χ4n) is 1.13. The van der Waals surface area contributed by atoms with Gasteiger partial charge in [-0.1, -0.05) is 0 Å². The van der Waals surface area contributed by atoms with Crippen LogP contribution in [0.15, 0.2) is 18.2 Å². The number of carbonyl (C=O) groups excluding carboxylic acids is 1. The number of aldehydes is 1. The fraction of sp³-hybridized carbons (Fsp3) is 0.300. The molecule has 2 nitrogen and oxygen atoms in total. The first-order chi connectivity index (χ1) is 7.84. The average Bonchev–Trinajstić information content (AvgIpc) is 2.24. The second kappa shape index (κ2) is 5.11. The van der Waals surface area contributed by atoms with Gasteiger partial charge >= 0.3 is 6.18 Å². The molecule has 7 heteroatoms. The predicted molar refractivity (Wildman–Crippen MR) is 48.3 cm³/mol. The van der Waals surface area contributed by atoms with Crippen molar-refractivity contribution in [1.82, 2.24) is 0 Å². The lowest BCUT2D eigenvalue weighted by molar-refractivity contribution is -0.137. The summed E-state index contributed by atoms with van der Waals surface area (Å²) in [6.07, 6.45) is -7.48. The molecule has 0 N–H and O–H groups in total. The zero-order valence-corrected chi connectivity index (χ0v) is 8.30. The van der Waals surface area contributed by atoms with Crippen molar-refractivity contribution in [2.75, 3.05) is 6.61 Å². The van der Waals surface area contributed by atoms with Gasteiger partial charge in [0, 0.05) is 5.56 Å². The second-order valence-corrected chi connectivity index (χ2v) is 3.07. The summed E-state index contributed by atoms with van der Waals surface area (Å²) in [4.78, 5) is 10.4. The molecule has 0 atom stereocenters. The number of alkyl halides is 5. The van der Waals surface area contributed by atoms with E-state index in [-0.39, 0.29) is 12.0 Å². The summed E-state index contributed by atoms with van der Waals surface area (Å²) in [5.74, 6) is -0.358. The van der Waals surface area contributed by atoms with Crippen LogP contribution in [0.25, 0.3) is 0 Å². The van der Waals surface area contributed by atoms with Crippen molar-refractivity contribution in [1.29, 1.82) is 0 Å². The number of hydrogen-bond donors (Lipinski definition) is 0. The van der Waals surface area contributed by atoms with Gasteiger partial charge in [-0.25, -0.2) is 8.78 Å². The van der Waals surface area contributed by atoms with E-state index in [0.29, 0.717) is 6.07 Å². The van der Waals surface area contributed by atoms with Crippen LogP contribution in [0, 0.1) is 0 Å². The van der Waals surface area contributed by atoms with E-state index in [1.165, 1.54) is 0 Å². The lowest BCUT2D eigenvalue weighted by Crippen LogP contribution is -2.11. The number of halogens is 5. The van der Waals surface area contributed by atoms with E-state index >= 15 is 0 Å². The van der Waals surface area contributed by atoms with Crippen molar-refractivity contribution in [3.05, 3.63) is 29.3 Å². The number of hydrogen-bond acceptors (Lipinski definition) is 2. The first kappa shape index (κ1) is 13.4. The molecule has 0 aliphatic carbocycles. The molecule has 1 rings (SSSR count). The largest absolute Gasteiger partial charge is 0.488 e. The Bertz CT molecular complexity index is 400. The maximum Gasteiger partial charge on any atom is 0.417 e. The highest BCUT2D eigenvalue weighted by atomic mass is 19.4. The van der Waals surface area contributed by atoms with Crippen LogP contribution in [0.4, 0.5) is 22.0 Å².